The number of alkyl halides is 3. The summed E-state index contributed by atoms with van der Waals surface area (Å²) in [7, 11) is -5.49. The van der Waals surface area contributed by atoms with Gasteiger partial charge in [-0.05, 0) is 30.6 Å². The van der Waals surface area contributed by atoms with Crippen LogP contribution >= 0.6 is 24.0 Å². The maximum atomic E-state index is 12.3. The van der Waals surface area contributed by atoms with Gasteiger partial charge in [0.2, 0.25) is 0 Å². The minimum absolute atomic E-state index is 0. The monoisotopic (exact) mass is 416 g/mol. The molecule has 19 heavy (non-hydrogen) atoms. The number of hydrogen-bond donors (Lipinski definition) is 0. The Kier molecular flexibility index (Phi) is 7.08. The van der Waals surface area contributed by atoms with Crippen LogP contribution in [0.2, 0.25) is 0 Å². The average Bonchev–Trinajstić information content (AvgIpc) is 2.14. The standard InChI is InChI=1S/C11H19F3O3S.HI/c1-7(2)9-5-4-8(3)6-10(9)17-18(15,16)11(12,13)14;/h7-10H,4-6H2,1-3H3;1H. The second-order valence-electron chi connectivity index (χ2n) is 5.36. The maximum Gasteiger partial charge on any atom is 0.523 e. The van der Waals surface area contributed by atoms with Gasteiger partial charge in [-0.3, -0.25) is 4.18 Å². The van der Waals surface area contributed by atoms with Gasteiger partial charge in [0.05, 0.1) is 6.10 Å². The molecule has 0 N–H and O–H groups in total. The van der Waals surface area contributed by atoms with Gasteiger partial charge in [0.1, 0.15) is 0 Å². The van der Waals surface area contributed by atoms with E-state index < -0.39 is 21.7 Å². The predicted octanol–water partition coefficient (Wildman–Crippen LogP) is 3.93. The van der Waals surface area contributed by atoms with Crippen LogP contribution in [0.3, 0.4) is 0 Å². The Hall–Kier alpha value is 0.430. The van der Waals surface area contributed by atoms with Crippen LogP contribution < -0.4 is 0 Å². The highest BCUT2D eigenvalue weighted by Gasteiger charge is 2.50. The van der Waals surface area contributed by atoms with Crippen molar-refractivity contribution in [2.75, 3.05) is 0 Å². The molecular weight excluding hydrogens is 396 g/mol. The summed E-state index contributed by atoms with van der Waals surface area (Å²) in [5.74, 6) is 0.151. The lowest BCUT2D eigenvalue weighted by atomic mass is 9.75. The SMILES string of the molecule is CC1CCC(C(C)C)C(OS(=O)(=O)C(F)(F)F)C1.I. The number of rotatable bonds is 3. The molecule has 3 atom stereocenters. The van der Waals surface area contributed by atoms with Crippen LogP contribution in [0.1, 0.15) is 40.0 Å². The topological polar surface area (TPSA) is 43.4 Å². The first-order chi connectivity index (χ1) is 8.04. The normalized spacial score (nSPS) is 29.1. The molecular formula is C11H20F3IO3S. The molecule has 0 saturated heterocycles. The first-order valence-corrected chi connectivity index (χ1v) is 7.45. The first kappa shape index (κ1) is 19.4. The zero-order chi connectivity index (χ0) is 14.1. The summed E-state index contributed by atoms with van der Waals surface area (Å²) in [6.07, 6.45) is 1.10. The molecule has 0 heterocycles. The Balaban J connectivity index is 0.00000324. The summed E-state index contributed by atoms with van der Waals surface area (Å²) in [5, 5.41) is 0. The van der Waals surface area contributed by atoms with Gasteiger partial charge in [-0.15, -0.1) is 24.0 Å². The Labute approximate surface area is 129 Å². The Morgan fingerprint density at radius 2 is 1.74 bits per heavy atom. The fourth-order valence-corrected chi connectivity index (χ4v) is 3.10. The molecule has 0 aromatic carbocycles. The molecule has 3 unspecified atom stereocenters. The molecule has 0 amide bonds. The molecule has 3 nitrogen and oxygen atoms in total. The van der Waals surface area contributed by atoms with Crippen molar-refractivity contribution in [2.45, 2.75) is 51.6 Å². The highest BCUT2D eigenvalue weighted by molar-refractivity contribution is 14.0. The smallest absolute Gasteiger partial charge is 0.260 e. The minimum atomic E-state index is -5.49. The lowest BCUT2D eigenvalue weighted by molar-refractivity contribution is -0.0640. The van der Waals surface area contributed by atoms with Crippen molar-refractivity contribution in [2.24, 2.45) is 17.8 Å². The van der Waals surface area contributed by atoms with Gasteiger partial charge < -0.3 is 0 Å². The van der Waals surface area contributed by atoms with E-state index in [1.165, 1.54) is 0 Å². The van der Waals surface area contributed by atoms with Crippen LogP contribution in [0.15, 0.2) is 0 Å². The average molecular weight is 416 g/mol. The van der Waals surface area contributed by atoms with Crippen LogP contribution in [0.4, 0.5) is 13.2 Å². The molecule has 0 bridgehead atoms. The van der Waals surface area contributed by atoms with E-state index in [4.69, 9.17) is 0 Å². The number of halogens is 4. The van der Waals surface area contributed by atoms with E-state index in [0.717, 1.165) is 6.42 Å². The van der Waals surface area contributed by atoms with Crippen molar-refractivity contribution in [1.82, 2.24) is 0 Å². The van der Waals surface area contributed by atoms with Crippen molar-refractivity contribution in [3.8, 4) is 0 Å². The zero-order valence-corrected chi connectivity index (χ0v) is 14.3. The van der Waals surface area contributed by atoms with Crippen molar-refractivity contribution < 1.29 is 25.8 Å². The van der Waals surface area contributed by atoms with Gasteiger partial charge >= 0.3 is 15.6 Å². The first-order valence-electron chi connectivity index (χ1n) is 6.04. The predicted molar refractivity (Wildman–Crippen MR) is 76.6 cm³/mol. The quantitative estimate of drug-likeness (QED) is 0.398. The Morgan fingerprint density at radius 3 is 2.16 bits per heavy atom. The molecule has 1 aliphatic carbocycles. The Bertz CT molecular complexity index is 381. The van der Waals surface area contributed by atoms with E-state index in [1.54, 1.807) is 0 Å². The third-order valence-electron chi connectivity index (χ3n) is 3.50. The van der Waals surface area contributed by atoms with Crippen molar-refractivity contribution in [1.29, 1.82) is 0 Å². The van der Waals surface area contributed by atoms with Crippen LogP contribution in [-0.4, -0.2) is 20.0 Å². The van der Waals surface area contributed by atoms with Gasteiger partial charge in [-0.1, -0.05) is 27.2 Å². The van der Waals surface area contributed by atoms with E-state index in [2.05, 4.69) is 4.18 Å². The summed E-state index contributed by atoms with van der Waals surface area (Å²) in [5.41, 5.74) is -5.34. The highest BCUT2D eigenvalue weighted by Crippen LogP contribution is 2.38. The molecule has 0 radical (unpaired) electrons. The molecule has 1 fully saturated rings. The molecule has 0 aromatic heterocycles. The van der Waals surface area contributed by atoms with Crippen LogP contribution in [0.25, 0.3) is 0 Å². The molecule has 116 valence electrons. The molecule has 1 aliphatic rings. The molecule has 1 saturated carbocycles. The summed E-state index contributed by atoms with van der Waals surface area (Å²) < 4.78 is 63.4. The molecule has 0 spiro atoms. The van der Waals surface area contributed by atoms with Crippen molar-refractivity contribution in [3.05, 3.63) is 0 Å². The van der Waals surface area contributed by atoms with Crippen LogP contribution in [0.5, 0.6) is 0 Å². The summed E-state index contributed by atoms with van der Waals surface area (Å²) in [6.45, 7) is 5.64. The van der Waals surface area contributed by atoms with E-state index in [0.29, 0.717) is 12.8 Å². The summed E-state index contributed by atoms with van der Waals surface area (Å²) in [4.78, 5) is 0. The van der Waals surface area contributed by atoms with Gasteiger partial charge in [0.15, 0.2) is 0 Å². The van der Waals surface area contributed by atoms with Gasteiger partial charge in [0.25, 0.3) is 0 Å². The third kappa shape index (κ3) is 5.04. The fraction of sp³-hybridized carbons (Fsp3) is 1.00. The molecule has 8 heteroatoms. The second-order valence-corrected chi connectivity index (χ2v) is 6.92. The molecule has 0 aliphatic heterocycles. The van der Waals surface area contributed by atoms with E-state index in [9.17, 15) is 21.6 Å². The van der Waals surface area contributed by atoms with Crippen molar-refractivity contribution in [3.63, 3.8) is 0 Å². The lowest BCUT2D eigenvalue weighted by Crippen LogP contribution is -2.39. The van der Waals surface area contributed by atoms with Crippen LogP contribution in [-0.2, 0) is 14.3 Å². The van der Waals surface area contributed by atoms with Crippen molar-refractivity contribution >= 4 is 34.1 Å². The van der Waals surface area contributed by atoms with Gasteiger partial charge in [-0.25, -0.2) is 0 Å². The zero-order valence-electron chi connectivity index (χ0n) is 11.1. The second kappa shape index (κ2) is 6.93. The third-order valence-corrected chi connectivity index (χ3v) is 4.56. The van der Waals surface area contributed by atoms with E-state index in [-0.39, 0.29) is 41.7 Å². The summed E-state index contributed by atoms with van der Waals surface area (Å²) >= 11 is 0. The number of hydrogen-bond acceptors (Lipinski definition) is 3. The molecule has 1 rings (SSSR count). The highest BCUT2D eigenvalue weighted by atomic mass is 127. The largest absolute Gasteiger partial charge is 0.523 e. The molecule has 0 aromatic rings. The van der Waals surface area contributed by atoms with Gasteiger partial charge in [-0.2, -0.15) is 21.6 Å². The van der Waals surface area contributed by atoms with Gasteiger partial charge in [0, 0.05) is 0 Å². The maximum absolute atomic E-state index is 12.3. The summed E-state index contributed by atoms with van der Waals surface area (Å²) in [6, 6.07) is 0. The fourth-order valence-electron chi connectivity index (χ4n) is 2.44. The van der Waals surface area contributed by atoms with E-state index in [1.807, 2.05) is 20.8 Å². The van der Waals surface area contributed by atoms with Crippen LogP contribution in [0, 0.1) is 17.8 Å². The minimum Gasteiger partial charge on any atom is -0.260 e. The Morgan fingerprint density at radius 1 is 1.21 bits per heavy atom. The lowest BCUT2D eigenvalue weighted by Gasteiger charge is -2.36. The van der Waals surface area contributed by atoms with E-state index >= 15 is 0 Å².